The van der Waals surface area contributed by atoms with Crippen molar-refractivity contribution in [2.75, 3.05) is 25.1 Å². The van der Waals surface area contributed by atoms with E-state index in [1.165, 1.54) is 13.3 Å². The van der Waals surface area contributed by atoms with E-state index in [2.05, 4.69) is 14.6 Å². The lowest BCUT2D eigenvalue weighted by Gasteiger charge is -2.47. The van der Waals surface area contributed by atoms with Gasteiger partial charge in [0, 0.05) is 38.2 Å². The van der Waals surface area contributed by atoms with Crippen LogP contribution in [0.1, 0.15) is 36.0 Å². The van der Waals surface area contributed by atoms with Gasteiger partial charge in [0.25, 0.3) is 0 Å². The Morgan fingerprint density at radius 3 is 2.57 bits per heavy atom. The number of Topliss-reactive ketones (excluding diaryl/α,β-unsaturated/α-hetero) is 1. The summed E-state index contributed by atoms with van der Waals surface area (Å²) >= 11 is 6.12. The average Bonchev–Trinajstić information content (AvgIpc) is 2.46. The molecule has 1 saturated carbocycles. The maximum atomic E-state index is 11.5. The molecular weight excluding hydrogens is 292 g/mol. The van der Waals surface area contributed by atoms with Crippen molar-refractivity contribution in [1.29, 1.82) is 0 Å². The van der Waals surface area contributed by atoms with Gasteiger partial charge in [0.15, 0.2) is 0 Å². The first-order valence-corrected chi connectivity index (χ1v) is 7.41. The minimum atomic E-state index is -0.482. The van der Waals surface area contributed by atoms with Gasteiger partial charge in [-0.25, -0.2) is 9.78 Å². The number of ketones is 1. The summed E-state index contributed by atoms with van der Waals surface area (Å²) in [4.78, 5) is 29.2. The molecule has 0 atom stereocenters. The number of pyridine rings is 1. The van der Waals surface area contributed by atoms with E-state index < -0.39 is 5.97 Å². The third kappa shape index (κ3) is 2.62. The quantitative estimate of drug-likeness (QED) is 0.786. The first-order chi connectivity index (χ1) is 10.0. The van der Waals surface area contributed by atoms with Gasteiger partial charge in [0.1, 0.15) is 11.6 Å². The Kier molecular flexibility index (Phi) is 3.61. The predicted octanol–water partition coefficient (Wildman–Crippen LogP) is 2.47. The molecule has 3 rings (SSSR count). The summed E-state index contributed by atoms with van der Waals surface area (Å²) in [6.45, 7) is 1.74. The molecular formula is C15H17ClN2O3. The highest BCUT2D eigenvalue weighted by atomic mass is 35.5. The molecule has 21 heavy (non-hydrogen) atoms. The fraction of sp³-hybridized carbons (Fsp3) is 0.533. The van der Waals surface area contributed by atoms with Gasteiger partial charge < -0.3 is 9.64 Å². The number of esters is 1. The Morgan fingerprint density at radius 1 is 1.38 bits per heavy atom. The van der Waals surface area contributed by atoms with Crippen molar-refractivity contribution in [3.63, 3.8) is 0 Å². The highest BCUT2D eigenvalue weighted by molar-refractivity contribution is 6.33. The number of ether oxygens (including phenoxy) is 1. The first-order valence-electron chi connectivity index (χ1n) is 7.03. The number of rotatable bonds is 2. The molecule has 0 unspecified atom stereocenters. The number of methoxy groups -OCH3 is 1. The summed E-state index contributed by atoms with van der Waals surface area (Å²) in [5.41, 5.74) is 0.518. The van der Waals surface area contributed by atoms with Crippen LogP contribution in [0.25, 0.3) is 0 Å². The van der Waals surface area contributed by atoms with E-state index in [0.29, 0.717) is 10.8 Å². The van der Waals surface area contributed by atoms with Crippen LogP contribution < -0.4 is 4.90 Å². The Morgan fingerprint density at radius 2 is 2.05 bits per heavy atom. The topological polar surface area (TPSA) is 59.5 Å². The Hall–Kier alpha value is -1.62. The number of piperidine rings is 1. The van der Waals surface area contributed by atoms with Crippen LogP contribution in [0.2, 0.25) is 5.02 Å². The molecule has 1 spiro atoms. The third-order valence-corrected chi connectivity index (χ3v) is 4.85. The average molecular weight is 309 g/mol. The van der Waals surface area contributed by atoms with Crippen molar-refractivity contribution in [3.05, 3.63) is 22.8 Å². The van der Waals surface area contributed by atoms with Gasteiger partial charge in [0.05, 0.1) is 17.7 Å². The highest BCUT2D eigenvalue weighted by Crippen LogP contribution is 2.47. The molecule has 1 aromatic rings. The van der Waals surface area contributed by atoms with Crippen LogP contribution in [0.3, 0.4) is 0 Å². The van der Waals surface area contributed by atoms with E-state index in [-0.39, 0.29) is 11.0 Å². The molecule has 0 radical (unpaired) electrons. The van der Waals surface area contributed by atoms with E-state index in [1.54, 1.807) is 6.07 Å². The number of hydrogen-bond acceptors (Lipinski definition) is 5. The van der Waals surface area contributed by atoms with Crippen molar-refractivity contribution in [1.82, 2.24) is 4.98 Å². The summed E-state index contributed by atoms with van der Waals surface area (Å²) in [6.07, 6.45) is 4.95. The lowest BCUT2D eigenvalue weighted by molar-refractivity contribution is -0.133. The van der Waals surface area contributed by atoms with E-state index in [1.807, 2.05) is 0 Å². The smallest absolute Gasteiger partial charge is 0.340 e. The maximum Gasteiger partial charge on any atom is 0.340 e. The van der Waals surface area contributed by atoms with E-state index in [9.17, 15) is 9.59 Å². The second kappa shape index (κ2) is 5.30. The summed E-state index contributed by atoms with van der Waals surface area (Å²) in [5.74, 6) is 0.671. The molecule has 1 aliphatic carbocycles. The van der Waals surface area contributed by atoms with Crippen LogP contribution in [-0.4, -0.2) is 36.9 Å². The van der Waals surface area contributed by atoms with E-state index >= 15 is 0 Å². The van der Waals surface area contributed by atoms with Crippen LogP contribution in [0, 0.1) is 5.41 Å². The molecule has 112 valence electrons. The van der Waals surface area contributed by atoms with Gasteiger partial charge in [-0.1, -0.05) is 11.6 Å². The van der Waals surface area contributed by atoms with Crippen LogP contribution in [0.5, 0.6) is 0 Å². The van der Waals surface area contributed by atoms with Gasteiger partial charge in [-0.15, -0.1) is 0 Å². The van der Waals surface area contributed by atoms with Gasteiger partial charge in [-0.2, -0.15) is 0 Å². The second-order valence-electron chi connectivity index (χ2n) is 5.89. The van der Waals surface area contributed by atoms with E-state index in [4.69, 9.17) is 11.6 Å². The highest BCUT2D eigenvalue weighted by Gasteiger charge is 2.45. The van der Waals surface area contributed by atoms with E-state index in [0.717, 1.165) is 44.6 Å². The lowest BCUT2D eigenvalue weighted by Crippen LogP contribution is -2.47. The number of carbonyl (C=O) groups excluding carboxylic acids is 2. The minimum absolute atomic E-state index is 0.239. The molecule has 2 fully saturated rings. The zero-order chi connectivity index (χ0) is 15.0. The van der Waals surface area contributed by atoms with Gasteiger partial charge in [-0.3, -0.25) is 4.79 Å². The van der Waals surface area contributed by atoms with Crippen LogP contribution in [-0.2, 0) is 9.53 Å². The monoisotopic (exact) mass is 308 g/mol. The van der Waals surface area contributed by atoms with Crippen LogP contribution in [0.15, 0.2) is 12.3 Å². The summed E-state index contributed by atoms with van der Waals surface area (Å²) in [5, 5.41) is 0.353. The van der Waals surface area contributed by atoms with Crippen molar-refractivity contribution in [2.24, 2.45) is 5.41 Å². The molecule has 2 aliphatic rings. The number of nitrogens with zero attached hydrogens (tertiary/aromatic N) is 2. The van der Waals surface area contributed by atoms with Crippen molar-refractivity contribution < 1.29 is 14.3 Å². The lowest BCUT2D eigenvalue weighted by atomic mass is 9.62. The van der Waals surface area contributed by atoms with Gasteiger partial charge in [-0.05, 0) is 18.3 Å². The second-order valence-corrected chi connectivity index (χ2v) is 6.30. The molecule has 1 aliphatic heterocycles. The molecule has 0 aromatic carbocycles. The normalized spacial score (nSPS) is 20.3. The number of carbonyl (C=O) groups is 2. The molecule has 5 nitrogen and oxygen atoms in total. The molecule has 0 N–H and O–H groups in total. The number of halogens is 1. The fourth-order valence-corrected chi connectivity index (χ4v) is 3.43. The molecule has 2 heterocycles. The molecule has 1 aromatic heterocycles. The van der Waals surface area contributed by atoms with Crippen molar-refractivity contribution in [2.45, 2.75) is 25.7 Å². The summed E-state index contributed by atoms with van der Waals surface area (Å²) < 4.78 is 4.65. The van der Waals surface area contributed by atoms with Gasteiger partial charge >= 0.3 is 5.97 Å². The van der Waals surface area contributed by atoms with Crippen LogP contribution >= 0.6 is 11.6 Å². The fourth-order valence-electron chi connectivity index (χ4n) is 3.20. The predicted molar refractivity (Wildman–Crippen MR) is 78.7 cm³/mol. The van der Waals surface area contributed by atoms with Crippen LogP contribution in [0.4, 0.5) is 5.82 Å². The minimum Gasteiger partial charge on any atom is -0.465 e. The number of aromatic nitrogens is 1. The maximum absolute atomic E-state index is 11.5. The standard InChI is InChI=1S/C15H17ClN2O3/c1-21-14(20)11-9-17-13(6-12(11)16)18-4-2-15(3-5-18)7-10(19)8-15/h6,9H,2-5,7-8H2,1H3. The third-order valence-electron chi connectivity index (χ3n) is 4.54. The Balaban J connectivity index is 1.70. The van der Waals surface area contributed by atoms with Gasteiger partial charge in [0.2, 0.25) is 0 Å². The SMILES string of the molecule is COC(=O)c1cnc(N2CCC3(CC2)CC(=O)C3)cc1Cl. The molecule has 0 amide bonds. The number of anilines is 1. The molecule has 0 bridgehead atoms. The first kappa shape index (κ1) is 14.3. The Labute approximate surface area is 128 Å². The zero-order valence-electron chi connectivity index (χ0n) is 11.9. The summed E-state index contributed by atoms with van der Waals surface area (Å²) in [7, 11) is 1.32. The summed E-state index contributed by atoms with van der Waals surface area (Å²) in [6, 6.07) is 1.71. The number of hydrogen-bond donors (Lipinski definition) is 0. The molecule has 1 saturated heterocycles. The molecule has 6 heteroatoms. The van der Waals surface area contributed by atoms with Crippen molar-refractivity contribution >= 4 is 29.2 Å². The Bertz CT molecular complexity index is 585. The van der Waals surface area contributed by atoms with Crippen molar-refractivity contribution in [3.8, 4) is 0 Å². The largest absolute Gasteiger partial charge is 0.465 e. The zero-order valence-corrected chi connectivity index (χ0v) is 12.7.